The highest BCUT2D eigenvalue weighted by atomic mass is 79.9. The fourth-order valence-corrected chi connectivity index (χ4v) is 2.37. The van der Waals surface area contributed by atoms with Crippen LogP contribution in [0.1, 0.15) is 25.2 Å². The molecule has 0 saturated heterocycles. The Balaban J connectivity index is 2.98. The molecule has 0 radical (unpaired) electrons. The highest BCUT2D eigenvalue weighted by Crippen LogP contribution is 2.36. The molecular weight excluding hydrogens is 370 g/mol. The highest BCUT2D eigenvalue weighted by molar-refractivity contribution is 9.10. The van der Waals surface area contributed by atoms with Gasteiger partial charge in [0, 0.05) is 6.54 Å². The van der Waals surface area contributed by atoms with Crippen LogP contribution in [0.25, 0.3) is 0 Å². The van der Waals surface area contributed by atoms with Crippen LogP contribution in [-0.4, -0.2) is 28.2 Å². The lowest BCUT2D eigenvalue weighted by molar-refractivity contribution is -0.324. The first-order valence-corrected chi connectivity index (χ1v) is 6.80. The van der Waals surface area contributed by atoms with Crippen molar-refractivity contribution in [3.05, 3.63) is 15.9 Å². The van der Waals surface area contributed by atoms with E-state index in [9.17, 15) is 26.3 Å². The summed E-state index contributed by atoms with van der Waals surface area (Å²) in [4.78, 5) is 0. The van der Waals surface area contributed by atoms with Gasteiger partial charge >= 0.3 is 12.4 Å². The second-order valence-electron chi connectivity index (χ2n) is 4.15. The van der Waals surface area contributed by atoms with Gasteiger partial charge in [-0.05, 0) is 29.3 Å². The summed E-state index contributed by atoms with van der Waals surface area (Å²) in [5, 5.41) is 4.08. The summed E-state index contributed by atoms with van der Waals surface area (Å²) in [5.41, 5.74) is 0.693. The maximum atomic E-state index is 12.4. The Morgan fingerprint density at radius 1 is 1.14 bits per heavy atom. The molecule has 0 atom stereocenters. The van der Waals surface area contributed by atoms with E-state index in [0.717, 1.165) is 0 Å². The van der Waals surface area contributed by atoms with Crippen molar-refractivity contribution in [2.45, 2.75) is 51.9 Å². The van der Waals surface area contributed by atoms with E-state index >= 15 is 0 Å². The maximum absolute atomic E-state index is 12.4. The zero-order valence-corrected chi connectivity index (χ0v) is 12.7. The number of aryl methyl sites for hydroxylation is 2. The maximum Gasteiger partial charge on any atom is 0.423 e. The van der Waals surface area contributed by atoms with E-state index in [1.54, 1.807) is 13.8 Å². The van der Waals surface area contributed by atoms with Crippen LogP contribution >= 0.6 is 15.9 Å². The number of alkyl halides is 6. The van der Waals surface area contributed by atoms with Crippen LogP contribution in [-0.2, 0) is 24.3 Å². The van der Waals surface area contributed by atoms with E-state index in [1.165, 1.54) is 4.68 Å². The van der Waals surface area contributed by atoms with Crippen LogP contribution in [0.4, 0.5) is 26.3 Å². The topological polar surface area (TPSA) is 27.1 Å². The molecule has 0 unspecified atom stereocenters. The van der Waals surface area contributed by atoms with Crippen molar-refractivity contribution in [2.75, 3.05) is 0 Å². The minimum Gasteiger partial charge on any atom is -0.354 e. The highest BCUT2D eigenvalue weighted by Gasteiger charge is 2.58. The van der Waals surface area contributed by atoms with Crippen LogP contribution in [0.5, 0.6) is 0 Å². The molecule has 1 aromatic heterocycles. The summed E-state index contributed by atoms with van der Waals surface area (Å²) in [6.07, 6.45) is -14.4. The van der Waals surface area contributed by atoms with Crippen molar-refractivity contribution in [2.24, 2.45) is 0 Å². The molecule has 1 aromatic rings. The molecule has 0 saturated carbocycles. The van der Waals surface area contributed by atoms with Gasteiger partial charge in [-0.2, -0.15) is 31.4 Å². The van der Waals surface area contributed by atoms with Gasteiger partial charge < -0.3 is 4.74 Å². The first kappa shape index (κ1) is 18.3. The number of ether oxygens (including phenoxy) is 1. The van der Waals surface area contributed by atoms with Crippen LogP contribution in [0.2, 0.25) is 0 Å². The largest absolute Gasteiger partial charge is 0.423 e. The normalized spacial score (nSPS) is 13.2. The molecular formula is C11H13BrF6N2O. The zero-order chi connectivity index (χ0) is 16.4. The molecule has 10 heteroatoms. The van der Waals surface area contributed by atoms with Gasteiger partial charge in [0.25, 0.3) is 0 Å². The first-order valence-electron chi connectivity index (χ1n) is 6.01. The number of halogens is 7. The van der Waals surface area contributed by atoms with E-state index in [4.69, 9.17) is 0 Å². The Hall–Kier alpha value is -0.770. The summed E-state index contributed by atoms with van der Waals surface area (Å²) in [6.45, 7) is 2.91. The van der Waals surface area contributed by atoms with Gasteiger partial charge in [-0.25, -0.2) is 0 Å². The summed E-state index contributed by atoms with van der Waals surface area (Å²) in [7, 11) is 0. The monoisotopic (exact) mass is 382 g/mol. The molecule has 1 rings (SSSR count). The average Bonchev–Trinajstić information content (AvgIpc) is 2.63. The van der Waals surface area contributed by atoms with Gasteiger partial charge in [-0.3, -0.25) is 4.68 Å². The van der Waals surface area contributed by atoms with Crippen molar-refractivity contribution in [3.8, 4) is 0 Å². The number of hydrogen-bond donors (Lipinski definition) is 0. The first-order chi connectivity index (χ1) is 9.52. The lowest BCUT2D eigenvalue weighted by atomic mass is 10.3. The Bertz CT molecular complexity index is 468. The lowest BCUT2D eigenvalue weighted by Crippen LogP contribution is -2.44. The number of rotatable bonds is 5. The Labute approximate surface area is 125 Å². The minimum absolute atomic E-state index is 0.146. The van der Waals surface area contributed by atoms with Gasteiger partial charge in [0.15, 0.2) is 0 Å². The molecule has 3 nitrogen and oxygen atoms in total. The second kappa shape index (κ2) is 6.55. The predicted octanol–water partition coefficient (Wildman–Crippen LogP) is 4.24. The summed E-state index contributed by atoms with van der Waals surface area (Å²) < 4.78 is 80.1. The van der Waals surface area contributed by atoms with Crippen molar-refractivity contribution in [1.82, 2.24) is 9.78 Å². The molecule has 0 N–H and O–H groups in total. The molecule has 0 aliphatic rings. The second-order valence-corrected chi connectivity index (χ2v) is 4.94. The van der Waals surface area contributed by atoms with E-state index in [1.807, 2.05) is 0 Å². The van der Waals surface area contributed by atoms with Crippen LogP contribution in [0.3, 0.4) is 0 Å². The van der Waals surface area contributed by atoms with Crippen LogP contribution < -0.4 is 0 Å². The third-order valence-corrected chi connectivity index (χ3v) is 3.59. The third kappa shape index (κ3) is 4.35. The fraction of sp³-hybridized carbons (Fsp3) is 0.727. The Morgan fingerprint density at radius 3 is 2.05 bits per heavy atom. The molecule has 21 heavy (non-hydrogen) atoms. The minimum atomic E-state index is -5.52. The molecule has 0 aliphatic heterocycles. The van der Waals surface area contributed by atoms with Crippen molar-refractivity contribution >= 4 is 15.9 Å². The predicted molar refractivity (Wildman–Crippen MR) is 65.7 cm³/mol. The lowest BCUT2D eigenvalue weighted by Gasteiger charge is -2.23. The molecule has 1 heterocycles. The van der Waals surface area contributed by atoms with Crippen LogP contribution in [0, 0.1) is 0 Å². The Morgan fingerprint density at radius 2 is 1.67 bits per heavy atom. The third-order valence-electron chi connectivity index (χ3n) is 2.68. The number of aromatic nitrogens is 2. The van der Waals surface area contributed by atoms with Gasteiger partial charge in [-0.15, -0.1) is 0 Å². The molecule has 122 valence electrons. The van der Waals surface area contributed by atoms with Gasteiger partial charge in [0.2, 0.25) is 6.10 Å². The standard InChI is InChI=1S/C11H13BrF6N2O/c1-3-6-8(12)7(20(4-2)19-6)5-21-9(10(13,14)15)11(16,17)18/h9H,3-5H2,1-2H3. The van der Waals surface area contributed by atoms with Gasteiger partial charge in [0.05, 0.1) is 22.5 Å². The molecule has 0 aliphatic carbocycles. The molecule has 0 aromatic carbocycles. The SMILES string of the molecule is CCc1nn(CC)c(COC(C(F)(F)F)C(F)(F)F)c1Br. The quantitative estimate of drug-likeness (QED) is 0.712. The van der Waals surface area contributed by atoms with E-state index in [-0.39, 0.29) is 5.69 Å². The number of nitrogens with zero attached hydrogens (tertiary/aromatic N) is 2. The number of hydrogen-bond acceptors (Lipinski definition) is 2. The van der Waals surface area contributed by atoms with Gasteiger partial charge in [-0.1, -0.05) is 6.92 Å². The summed E-state index contributed by atoms with van der Waals surface area (Å²) in [6, 6.07) is 0. The van der Waals surface area contributed by atoms with Crippen molar-refractivity contribution < 1.29 is 31.1 Å². The molecule has 0 amide bonds. The van der Waals surface area contributed by atoms with E-state index in [0.29, 0.717) is 23.1 Å². The summed E-state index contributed by atoms with van der Waals surface area (Å²) in [5.74, 6) is 0. The molecule has 0 spiro atoms. The van der Waals surface area contributed by atoms with Gasteiger partial charge in [0.1, 0.15) is 0 Å². The molecule has 0 fully saturated rings. The van der Waals surface area contributed by atoms with E-state index < -0.39 is 25.1 Å². The smallest absolute Gasteiger partial charge is 0.354 e. The fourth-order valence-electron chi connectivity index (χ4n) is 1.69. The van der Waals surface area contributed by atoms with Crippen molar-refractivity contribution in [1.29, 1.82) is 0 Å². The van der Waals surface area contributed by atoms with Crippen molar-refractivity contribution in [3.63, 3.8) is 0 Å². The summed E-state index contributed by atoms with van der Waals surface area (Å²) >= 11 is 3.13. The molecule has 0 bridgehead atoms. The van der Waals surface area contributed by atoms with E-state index in [2.05, 4.69) is 25.8 Å². The zero-order valence-electron chi connectivity index (χ0n) is 11.1. The van der Waals surface area contributed by atoms with Crippen LogP contribution in [0.15, 0.2) is 4.47 Å². The average molecular weight is 383 g/mol. The Kier molecular flexibility index (Phi) is 5.70.